The van der Waals surface area contributed by atoms with Gasteiger partial charge in [0.05, 0.1) is 20.4 Å². The van der Waals surface area contributed by atoms with E-state index < -0.39 is 11.8 Å². The second kappa shape index (κ2) is 15.0. The van der Waals surface area contributed by atoms with Crippen LogP contribution < -0.4 is 30.3 Å². The van der Waals surface area contributed by atoms with Gasteiger partial charge in [0.2, 0.25) is 11.8 Å². The molecule has 0 saturated heterocycles. The molecule has 0 unspecified atom stereocenters. The number of carbonyl (C=O) groups excluding carboxylic acids is 3. The average Bonchev–Trinajstić information content (AvgIpc) is 2.92. The fraction of sp³-hybridized carbons (Fsp3) is 0.214. The van der Waals surface area contributed by atoms with E-state index >= 15 is 0 Å². The fourth-order valence-electron chi connectivity index (χ4n) is 3.37. The first-order valence-electron chi connectivity index (χ1n) is 11.9. The van der Waals surface area contributed by atoms with Crippen LogP contribution in [0.15, 0.2) is 71.8 Å². The lowest BCUT2D eigenvalue weighted by molar-refractivity contribution is -0.129. The van der Waals surface area contributed by atoms with Gasteiger partial charge in [0.1, 0.15) is 12.2 Å². The molecule has 0 bridgehead atoms. The second-order valence-corrected chi connectivity index (χ2v) is 8.61. The van der Waals surface area contributed by atoms with E-state index in [0.717, 1.165) is 5.56 Å². The maximum Gasteiger partial charge on any atom is 0.262 e. The smallest absolute Gasteiger partial charge is 0.262 e. The lowest BCUT2D eigenvalue weighted by Crippen LogP contribution is -2.31. The maximum absolute atomic E-state index is 12.0. The van der Waals surface area contributed by atoms with Crippen LogP contribution in [-0.4, -0.2) is 51.3 Å². The van der Waals surface area contributed by atoms with E-state index in [9.17, 15) is 14.4 Å². The van der Waals surface area contributed by atoms with Crippen molar-refractivity contribution in [3.63, 3.8) is 0 Å². The van der Waals surface area contributed by atoms with Crippen LogP contribution in [0.3, 0.4) is 0 Å². The van der Waals surface area contributed by atoms with Gasteiger partial charge in [-0.25, -0.2) is 5.43 Å². The van der Waals surface area contributed by atoms with E-state index in [4.69, 9.17) is 25.8 Å². The van der Waals surface area contributed by atoms with Crippen molar-refractivity contribution >= 4 is 41.2 Å². The third-order valence-electron chi connectivity index (χ3n) is 5.27. The minimum absolute atomic E-state index is 0.174. The van der Waals surface area contributed by atoms with Crippen molar-refractivity contribution in [2.45, 2.75) is 12.8 Å². The zero-order valence-corrected chi connectivity index (χ0v) is 22.3. The van der Waals surface area contributed by atoms with E-state index in [2.05, 4.69) is 21.2 Å². The van der Waals surface area contributed by atoms with E-state index in [1.165, 1.54) is 6.21 Å². The number of nitrogens with zero attached hydrogens (tertiary/aromatic N) is 1. The predicted octanol–water partition coefficient (Wildman–Crippen LogP) is 3.57. The van der Waals surface area contributed by atoms with Crippen LogP contribution in [0.1, 0.15) is 17.5 Å². The van der Waals surface area contributed by atoms with Crippen molar-refractivity contribution in [3.8, 4) is 17.2 Å². The van der Waals surface area contributed by atoms with Crippen LogP contribution in [0.25, 0.3) is 0 Å². The quantitative estimate of drug-likeness (QED) is 0.169. The number of amides is 3. The molecule has 0 aliphatic rings. The number of carbonyl (C=O) groups is 3. The molecule has 3 aromatic rings. The SMILES string of the molecule is COc1ccc(CCNC(=O)CC(=O)N/N=C/c2ccc(OCC(=O)Nc3cccc(Cl)c3)cc2)cc1OC. The van der Waals surface area contributed by atoms with Gasteiger partial charge in [-0.2, -0.15) is 5.10 Å². The summed E-state index contributed by atoms with van der Waals surface area (Å²) in [5.41, 5.74) is 4.55. The van der Waals surface area contributed by atoms with Crippen LogP contribution >= 0.6 is 11.6 Å². The number of benzene rings is 3. The normalized spacial score (nSPS) is 10.5. The predicted molar refractivity (Wildman–Crippen MR) is 149 cm³/mol. The highest BCUT2D eigenvalue weighted by molar-refractivity contribution is 6.30. The summed E-state index contributed by atoms with van der Waals surface area (Å²) in [5, 5.41) is 9.79. The second-order valence-electron chi connectivity index (χ2n) is 8.18. The summed E-state index contributed by atoms with van der Waals surface area (Å²) in [6.45, 7) is 0.188. The Morgan fingerprint density at radius 2 is 1.67 bits per heavy atom. The van der Waals surface area contributed by atoms with Gasteiger partial charge in [-0.05, 0) is 72.1 Å². The maximum atomic E-state index is 12.0. The van der Waals surface area contributed by atoms with Crippen molar-refractivity contribution in [3.05, 3.63) is 82.9 Å². The lowest BCUT2D eigenvalue weighted by Gasteiger charge is -2.10. The third-order valence-corrected chi connectivity index (χ3v) is 5.50. The van der Waals surface area contributed by atoms with Crippen LogP contribution in [0.2, 0.25) is 5.02 Å². The first-order valence-corrected chi connectivity index (χ1v) is 12.3. The van der Waals surface area contributed by atoms with E-state index in [0.29, 0.717) is 46.5 Å². The van der Waals surface area contributed by atoms with Crippen LogP contribution in [0.5, 0.6) is 17.2 Å². The van der Waals surface area contributed by atoms with Gasteiger partial charge >= 0.3 is 0 Å². The number of hydrazone groups is 1. The summed E-state index contributed by atoms with van der Waals surface area (Å²) >= 11 is 5.90. The number of ether oxygens (including phenoxy) is 3. The molecule has 0 radical (unpaired) electrons. The molecular formula is C28H29ClN4O6. The van der Waals surface area contributed by atoms with Crippen molar-refractivity contribution in [2.75, 3.05) is 32.7 Å². The van der Waals surface area contributed by atoms with Crippen LogP contribution in [0.4, 0.5) is 5.69 Å². The summed E-state index contributed by atoms with van der Waals surface area (Å²) in [7, 11) is 3.12. The molecule has 0 aromatic heterocycles. The minimum atomic E-state index is -0.541. The van der Waals surface area contributed by atoms with Crippen molar-refractivity contribution < 1.29 is 28.6 Å². The zero-order valence-electron chi connectivity index (χ0n) is 21.5. The highest BCUT2D eigenvalue weighted by Crippen LogP contribution is 2.27. The number of halogens is 1. The Hall–Kier alpha value is -4.57. The van der Waals surface area contributed by atoms with Crippen LogP contribution in [-0.2, 0) is 20.8 Å². The molecule has 0 fully saturated rings. The van der Waals surface area contributed by atoms with E-state index in [1.54, 1.807) is 68.8 Å². The molecule has 3 amide bonds. The molecule has 0 aliphatic carbocycles. The Labute approximate surface area is 231 Å². The highest BCUT2D eigenvalue weighted by Gasteiger charge is 2.09. The van der Waals surface area contributed by atoms with Gasteiger partial charge in [0.15, 0.2) is 18.1 Å². The average molecular weight is 553 g/mol. The molecule has 0 spiro atoms. The van der Waals surface area contributed by atoms with Gasteiger partial charge in [0, 0.05) is 17.3 Å². The summed E-state index contributed by atoms with van der Waals surface area (Å²) in [6, 6.07) is 19.1. The number of nitrogens with one attached hydrogen (secondary N) is 3. The monoisotopic (exact) mass is 552 g/mol. The van der Waals surface area contributed by atoms with Crippen LogP contribution in [0, 0.1) is 0 Å². The zero-order chi connectivity index (χ0) is 28.0. The topological polar surface area (TPSA) is 127 Å². The first kappa shape index (κ1) is 29.0. The van der Waals surface area contributed by atoms with Gasteiger partial charge < -0.3 is 24.8 Å². The molecule has 3 rings (SSSR count). The Kier molecular flexibility index (Phi) is 11.1. The van der Waals surface area contributed by atoms with E-state index in [1.807, 2.05) is 12.1 Å². The number of hydrogen-bond donors (Lipinski definition) is 3. The number of methoxy groups -OCH3 is 2. The summed E-state index contributed by atoms with van der Waals surface area (Å²) in [4.78, 5) is 36.1. The first-order chi connectivity index (χ1) is 18.9. The van der Waals surface area contributed by atoms with Gasteiger partial charge in [0.25, 0.3) is 5.91 Å². The van der Waals surface area contributed by atoms with Gasteiger partial charge in [-0.3, -0.25) is 14.4 Å². The third kappa shape index (κ3) is 10.0. The molecule has 204 valence electrons. The summed E-state index contributed by atoms with van der Waals surface area (Å²) in [6.07, 6.45) is 1.65. The molecule has 0 atom stereocenters. The molecular weight excluding hydrogens is 524 g/mol. The standard InChI is InChI=1S/C28H29ClN4O6/c1-37-24-11-8-19(14-25(24)38-2)12-13-30-26(34)16-27(35)33-31-17-20-6-9-23(10-7-20)39-18-28(36)32-22-5-3-4-21(29)15-22/h3-11,14-15,17H,12-13,16,18H2,1-2H3,(H,30,34)(H,32,36)(H,33,35)/b31-17+. The van der Waals surface area contributed by atoms with Crippen molar-refractivity contribution in [1.29, 1.82) is 0 Å². The Morgan fingerprint density at radius 1 is 0.897 bits per heavy atom. The number of rotatable bonds is 13. The minimum Gasteiger partial charge on any atom is -0.493 e. The highest BCUT2D eigenvalue weighted by atomic mass is 35.5. The summed E-state index contributed by atoms with van der Waals surface area (Å²) in [5.74, 6) is 0.447. The lowest BCUT2D eigenvalue weighted by atomic mass is 10.1. The van der Waals surface area contributed by atoms with Gasteiger partial charge in [-0.15, -0.1) is 0 Å². The molecule has 0 heterocycles. The Bertz CT molecular complexity index is 1310. The van der Waals surface area contributed by atoms with Crippen molar-refractivity contribution in [1.82, 2.24) is 10.7 Å². The van der Waals surface area contributed by atoms with Gasteiger partial charge in [-0.1, -0.05) is 23.7 Å². The van der Waals surface area contributed by atoms with E-state index in [-0.39, 0.29) is 18.9 Å². The Morgan fingerprint density at radius 3 is 2.38 bits per heavy atom. The number of anilines is 1. The molecule has 3 N–H and O–H groups in total. The number of hydrogen-bond acceptors (Lipinski definition) is 7. The molecule has 11 heteroatoms. The van der Waals surface area contributed by atoms with Crippen molar-refractivity contribution in [2.24, 2.45) is 5.10 Å². The molecule has 0 saturated carbocycles. The molecule has 0 aliphatic heterocycles. The molecule has 39 heavy (non-hydrogen) atoms. The Balaban J connectivity index is 1.34. The summed E-state index contributed by atoms with van der Waals surface area (Å²) < 4.78 is 16.0. The fourth-order valence-corrected chi connectivity index (χ4v) is 3.56. The molecule has 3 aromatic carbocycles. The largest absolute Gasteiger partial charge is 0.493 e. The molecule has 10 nitrogen and oxygen atoms in total.